The number of ether oxygens (including phenoxy) is 1. The van der Waals surface area contributed by atoms with Gasteiger partial charge in [0.05, 0.1) is 19.8 Å². The molecule has 0 radical (unpaired) electrons. The number of hydrogen-bond donors (Lipinski definition) is 1. The number of hydrogen-bond acceptors (Lipinski definition) is 3. The molecule has 0 fully saturated rings. The highest BCUT2D eigenvalue weighted by Gasteiger charge is 2.11. The summed E-state index contributed by atoms with van der Waals surface area (Å²) in [5.41, 5.74) is 6.52. The van der Waals surface area contributed by atoms with E-state index in [1.165, 1.54) is 5.56 Å². The zero-order valence-electron chi connectivity index (χ0n) is 12.2. The van der Waals surface area contributed by atoms with Gasteiger partial charge in [-0.15, -0.1) is 0 Å². The molecular weight excluding hydrogens is 250 g/mol. The zero-order chi connectivity index (χ0) is 14.4. The summed E-state index contributed by atoms with van der Waals surface area (Å²) in [5, 5.41) is 0. The molecule has 2 aromatic carbocycles. The lowest BCUT2D eigenvalue weighted by molar-refractivity contribution is 0.00653. The number of hydroxylamine groups is 1. The molecule has 1 N–H and O–H groups in total. The van der Waals surface area contributed by atoms with E-state index in [0.717, 1.165) is 16.9 Å². The van der Waals surface area contributed by atoms with Crippen LogP contribution in [-0.4, -0.2) is 7.11 Å². The summed E-state index contributed by atoms with van der Waals surface area (Å²) in [6, 6.07) is 16.3. The Morgan fingerprint density at radius 3 is 2.55 bits per heavy atom. The number of methoxy groups -OCH3 is 1. The summed E-state index contributed by atoms with van der Waals surface area (Å²) in [6.45, 7) is 4.67. The molecule has 3 heteroatoms. The predicted octanol–water partition coefficient (Wildman–Crippen LogP) is 3.79. The molecule has 3 nitrogen and oxygen atoms in total. The SMILES string of the molecule is COc1ccc(C)cc1C(C)NOCc1ccccc1. The Balaban J connectivity index is 1.95. The summed E-state index contributed by atoms with van der Waals surface area (Å²) < 4.78 is 5.39. The summed E-state index contributed by atoms with van der Waals surface area (Å²) in [7, 11) is 1.69. The maximum absolute atomic E-state index is 5.57. The minimum atomic E-state index is 0.0635. The summed E-state index contributed by atoms with van der Waals surface area (Å²) in [5.74, 6) is 0.874. The van der Waals surface area contributed by atoms with Gasteiger partial charge < -0.3 is 4.74 Å². The lowest BCUT2D eigenvalue weighted by Gasteiger charge is -2.17. The molecule has 2 aromatic rings. The van der Waals surface area contributed by atoms with Gasteiger partial charge in [0.1, 0.15) is 5.75 Å². The first-order valence-electron chi connectivity index (χ1n) is 6.76. The van der Waals surface area contributed by atoms with Crippen LogP contribution in [0.25, 0.3) is 0 Å². The quantitative estimate of drug-likeness (QED) is 0.811. The summed E-state index contributed by atoms with van der Waals surface area (Å²) in [6.07, 6.45) is 0. The molecule has 20 heavy (non-hydrogen) atoms. The van der Waals surface area contributed by atoms with Crippen molar-refractivity contribution in [3.8, 4) is 5.75 Å². The van der Waals surface area contributed by atoms with Gasteiger partial charge in [-0.05, 0) is 25.5 Å². The lowest BCUT2D eigenvalue weighted by Crippen LogP contribution is -2.19. The van der Waals surface area contributed by atoms with Crippen molar-refractivity contribution >= 4 is 0 Å². The number of aryl methyl sites for hydroxylation is 1. The van der Waals surface area contributed by atoms with E-state index in [4.69, 9.17) is 9.57 Å². The molecule has 0 saturated heterocycles. The van der Waals surface area contributed by atoms with E-state index in [1.54, 1.807) is 7.11 Å². The molecule has 0 amide bonds. The monoisotopic (exact) mass is 271 g/mol. The van der Waals surface area contributed by atoms with E-state index in [1.807, 2.05) is 42.5 Å². The molecule has 0 bridgehead atoms. The van der Waals surface area contributed by atoms with E-state index >= 15 is 0 Å². The molecule has 0 aliphatic rings. The van der Waals surface area contributed by atoms with Crippen molar-refractivity contribution in [2.45, 2.75) is 26.5 Å². The Bertz CT molecular complexity index is 540. The van der Waals surface area contributed by atoms with Crippen molar-refractivity contribution < 1.29 is 9.57 Å². The third kappa shape index (κ3) is 3.83. The van der Waals surface area contributed by atoms with Crippen LogP contribution in [0.3, 0.4) is 0 Å². The molecule has 1 atom stereocenters. The topological polar surface area (TPSA) is 30.5 Å². The summed E-state index contributed by atoms with van der Waals surface area (Å²) >= 11 is 0. The molecule has 0 heterocycles. The van der Waals surface area contributed by atoms with E-state index in [-0.39, 0.29) is 6.04 Å². The van der Waals surface area contributed by atoms with E-state index in [0.29, 0.717) is 6.61 Å². The minimum absolute atomic E-state index is 0.0635. The van der Waals surface area contributed by atoms with Crippen LogP contribution in [0.15, 0.2) is 48.5 Å². The normalized spacial score (nSPS) is 12.2. The Kier molecular flexibility index (Phi) is 5.16. The molecule has 0 aromatic heterocycles. The van der Waals surface area contributed by atoms with Gasteiger partial charge >= 0.3 is 0 Å². The van der Waals surface area contributed by atoms with Crippen molar-refractivity contribution in [1.29, 1.82) is 0 Å². The Morgan fingerprint density at radius 1 is 1.10 bits per heavy atom. The highest BCUT2D eigenvalue weighted by atomic mass is 16.6. The first-order valence-corrected chi connectivity index (χ1v) is 6.76. The second-order valence-corrected chi connectivity index (χ2v) is 4.86. The Hall–Kier alpha value is -1.84. The number of rotatable bonds is 6. The Labute approximate surface area is 120 Å². The van der Waals surface area contributed by atoms with Crippen LogP contribution >= 0.6 is 0 Å². The molecule has 0 aliphatic heterocycles. The Morgan fingerprint density at radius 2 is 1.85 bits per heavy atom. The van der Waals surface area contributed by atoms with Crippen LogP contribution in [-0.2, 0) is 11.4 Å². The average Bonchev–Trinajstić information content (AvgIpc) is 2.48. The minimum Gasteiger partial charge on any atom is -0.496 e. The molecule has 2 rings (SSSR count). The van der Waals surface area contributed by atoms with Gasteiger partial charge in [0.15, 0.2) is 0 Å². The van der Waals surface area contributed by atoms with Crippen LogP contribution in [0.1, 0.15) is 29.7 Å². The first-order chi connectivity index (χ1) is 9.70. The second-order valence-electron chi connectivity index (χ2n) is 4.86. The molecule has 106 valence electrons. The van der Waals surface area contributed by atoms with Crippen LogP contribution < -0.4 is 10.2 Å². The van der Waals surface area contributed by atoms with E-state index in [9.17, 15) is 0 Å². The van der Waals surface area contributed by atoms with Crippen LogP contribution in [0.4, 0.5) is 0 Å². The van der Waals surface area contributed by atoms with Crippen molar-refractivity contribution in [3.05, 3.63) is 65.2 Å². The van der Waals surface area contributed by atoms with Gasteiger partial charge in [-0.1, -0.05) is 48.0 Å². The van der Waals surface area contributed by atoms with Gasteiger partial charge in [0.25, 0.3) is 0 Å². The van der Waals surface area contributed by atoms with Crippen molar-refractivity contribution in [3.63, 3.8) is 0 Å². The van der Waals surface area contributed by atoms with Crippen LogP contribution in [0.2, 0.25) is 0 Å². The van der Waals surface area contributed by atoms with Gasteiger partial charge in [0, 0.05) is 5.56 Å². The molecule has 0 saturated carbocycles. The van der Waals surface area contributed by atoms with Crippen LogP contribution in [0.5, 0.6) is 5.75 Å². The zero-order valence-corrected chi connectivity index (χ0v) is 12.2. The molecule has 1 unspecified atom stereocenters. The fraction of sp³-hybridized carbons (Fsp3) is 0.294. The van der Waals surface area contributed by atoms with Gasteiger partial charge in [-0.3, -0.25) is 4.84 Å². The standard InChI is InChI=1S/C17H21NO2/c1-13-9-10-17(19-3)16(11-13)14(2)18-20-12-15-7-5-4-6-8-15/h4-11,14,18H,12H2,1-3H3. The average molecular weight is 271 g/mol. The van der Waals surface area contributed by atoms with Gasteiger partial charge in [-0.25, -0.2) is 0 Å². The summed E-state index contributed by atoms with van der Waals surface area (Å²) in [4.78, 5) is 5.57. The van der Waals surface area contributed by atoms with E-state index < -0.39 is 0 Å². The van der Waals surface area contributed by atoms with Crippen molar-refractivity contribution in [2.75, 3.05) is 7.11 Å². The van der Waals surface area contributed by atoms with Crippen molar-refractivity contribution in [2.24, 2.45) is 0 Å². The lowest BCUT2D eigenvalue weighted by atomic mass is 10.1. The fourth-order valence-corrected chi connectivity index (χ4v) is 2.08. The smallest absolute Gasteiger partial charge is 0.123 e. The number of benzene rings is 2. The van der Waals surface area contributed by atoms with Crippen molar-refractivity contribution in [1.82, 2.24) is 5.48 Å². The van der Waals surface area contributed by atoms with Crippen LogP contribution in [0, 0.1) is 6.92 Å². The maximum atomic E-state index is 5.57. The molecule has 0 aliphatic carbocycles. The largest absolute Gasteiger partial charge is 0.496 e. The maximum Gasteiger partial charge on any atom is 0.123 e. The molecular formula is C17H21NO2. The fourth-order valence-electron chi connectivity index (χ4n) is 2.08. The number of nitrogens with one attached hydrogen (secondary N) is 1. The second kappa shape index (κ2) is 7.08. The first kappa shape index (κ1) is 14.6. The third-order valence-electron chi connectivity index (χ3n) is 3.19. The van der Waals surface area contributed by atoms with Gasteiger partial charge in [0.2, 0.25) is 0 Å². The molecule has 0 spiro atoms. The van der Waals surface area contributed by atoms with Gasteiger partial charge in [-0.2, -0.15) is 5.48 Å². The highest BCUT2D eigenvalue weighted by molar-refractivity contribution is 5.38. The van der Waals surface area contributed by atoms with E-state index in [2.05, 4.69) is 25.4 Å². The predicted molar refractivity (Wildman–Crippen MR) is 80.5 cm³/mol. The third-order valence-corrected chi connectivity index (χ3v) is 3.19. The highest BCUT2D eigenvalue weighted by Crippen LogP contribution is 2.26.